The van der Waals surface area contributed by atoms with Crippen LogP contribution in [0.4, 0.5) is 5.69 Å². The summed E-state index contributed by atoms with van der Waals surface area (Å²) in [6, 6.07) is 6.29. The summed E-state index contributed by atoms with van der Waals surface area (Å²) >= 11 is 3.54. The number of aryl methyl sites for hydroxylation is 1. The van der Waals surface area contributed by atoms with Gasteiger partial charge in [0, 0.05) is 16.1 Å². The maximum Gasteiger partial charge on any atom is 0.102 e. The van der Waals surface area contributed by atoms with Crippen LogP contribution in [0.3, 0.4) is 0 Å². The lowest BCUT2D eigenvalue weighted by molar-refractivity contribution is 0.332. The Morgan fingerprint density at radius 3 is 2.81 bits per heavy atom. The maximum atomic E-state index is 5.10. The van der Waals surface area contributed by atoms with Gasteiger partial charge in [0.15, 0.2) is 0 Å². The van der Waals surface area contributed by atoms with Gasteiger partial charge in [-0.1, -0.05) is 22.0 Å². The Balaban J connectivity index is 2.12. The average Bonchev–Trinajstić information content (AvgIpc) is 3.06. The SMILES string of the molecule is CO/C=C(/Nc1ccc(C)c(Br)c1)C1CC1. The molecule has 1 saturated carbocycles. The van der Waals surface area contributed by atoms with Crippen molar-refractivity contribution >= 4 is 21.6 Å². The van der Waals surface area contributed by atoms with Crippen LogP contribution in [0.25, 0.3) is 0 Å². The molecule has 0 aromatic heterocycles. The number of hydrogen-bond acceptors (Lipinski definition) is 2. The lowest BCUT2D eigenvalue weighted by Gasteiger charge is -2.11. The molecule has 1 aliphatic carbocycles. The van der Waals surface area contributed by atoms with Crippen LogP contribution in [0.1, 0.15) is 18.4 Å². The van der Waals surface area contributed by atoms with Crippen LogP contribution >= 0.6 is 15.9 Å². The molecule has 1 aromatic rings. The van der Waals surface area contributed by atoms with E-state index in [1.165, 1.54) is 24.1 Å². The van der Waals surface area contributed by atoms with E-state index in [0.717, 1.165) is 10.2 Å². The highest BCUT2D eigenvalue weighted by Crippen LogP contribution is 2.37. The van der Waals surface area contributed by atoms with Crippen LogP contribution in [0.2, 0.25) is 0 Å². The quantitative estimate of drug-likeness (QED) is 0.841. The topological polar surface area (TPSA) is 21.3 Å². The van der Waals surface area contributed by atoms with Crippen LogP contribution in [0.15, 0.2) is 34.6 Å². The summed E-state index contributed by atoms with van der Waals surface area (Å²) in [6.45, 7) is 2.08. The van der Waals surface area contributed by atoms with Crippen LogP contribution in [0, 0.1) is 12.8 Å². The van der Waals surface area contributed by atoms with Gasteiger partial charge in [-0.2, -0.15) is 0 Å². The van der Waals surface area contributed by atoms with Crippen LogP contribution < -0.4 is 5.32 Å². The van der Waals surface area contributed by atoms with E-state index >= 15 is 0 Å². The molecule has 0 radical (unpaired) electrons. The van der Waals surface area contributed by atoms with Crippen molar-refractivity contribution in [1.82, 2.24) is 0 Å². The third-order valence-corrected chi connectivity index (χ3v) is 3.58. The fourth-order valence-electron chi connectivity index (χ4n) is 1.59. The Hall–Kier alpha value is -0.960. The smallest absolute Gasteiger partial charge is 0.102 e. The second kappa shape index (κ2) is 4.91. The molecule has 0 atom stereocenters. The fraction of sp³-hybridized carbons (Fsp3) is 0.385. The van der Waals surface area contributed by atoms with Crippen molar-refractivity contribution in [2.24, 2.45) is 5.92 Å². The Kier molecular flexibility index (Phi) is 3.54. The molecule has 1 aromatic carbocycles. The van der Waals surface area contributed by atoms with E-state index in [2.05, 4.69) is 46.4 Å². The van der Waals surface area contributed by atoms with Crippen molar-refractivity contribution in [3.8, 4) is 0 Å². The number of nitrogens with one attached hydrogen (secondary N) is 1. The van der Waals surface area contributed by atoms with E-state index in [9.17, 15) is 0 Å². The van der Waals surface area contributed by atoms with E-state index in [0.29, 0.717) is 5.92 Å². The molecule has 0 bridgehead atoms. The van der Waals surface area contributed by atoms with E-state index in [4.69, 9.17) is 4.74 Å². The summed E-state index contributed by atoms with van der Waals surface area (Å²) in [4.78, 5) is 0. The minimum absolute atomic E-state index is 0.653. The van der Waals surface area contributed by atoms with Gasteiger partial charge in [0.25, 0.3) is 0 Å². The molecule has 2 nitrogen and oxygen atoms in total. The van der Waals surface area contributed by atoms with Crippen molar-refractivity contribution in [3.05, 3.63) is 40.2 Å². The van der Waals surface area contributed by atoms with Gasteiger partial charge >= 0.3 is 0 Å². The van der Waals surface area contributed by atoms with Crippen LogP contribution in [-0.2, 0) is 4.74 Å². The largest absolute Gasteiger partial charge is 0.503 e. The molecule has 0 aliphatic heterocycles. The molecule has 1 N–H and O–H groups in total. The zero-order valence-electron chi connectivity index (χ0n) is 9.59. The summed E-state index contributed by atoms with van der Waals surface area (Å²) < 4.78 is 6.22. The van der Waals surface area contributed by atoms with E-state index < -0.39 is 0 Å². The molecule has 0 heterocycles. The number of anilines is 1. The van der Waals surface area contributed by atoms with Gasteiger partial charge in [-0.15, -0.1) is 0 Å². The number of allylic oxidation sites excluding steroid dienone is 1. The van der Waals surface area contributed by atoms with Gasteiger partial charge < -0.3 is 10.1 Å². The fourth-order valence-corrected chi connectivity index (χ4v) is 1.97. The van der Waals surface area contributed by atoms with Gasteiger partial charge in [0.1, 0.15) is 6.26 Å². The van der Waals surface area contributed by atoms with Gasteiger partial charge in [0.2, 0.25) is 0 Å². The third kappa shape index (κ3) is 2.79. The van der Waals surface area contributed by atoms with Crippen molar-refractivity contribution < 1.29 is 4.74 Å². The molecule has 0 saturated heterocycles. The molecule has 1 fully saturated rings. The monoisotopic (exact) mass is 281 g/mol. The van der Waals surface area contributed by atoms with Crippen molar-refractivity contribution in [1.29, 1.82) is 0 Å². The minimum Gasteiger partial charge on any atom is -0.503 e. The first kappa shape index (κ1) is 11.5. The first-order valence-electron chi connectivity index (χ1n) is 5.46. The number of rotatable bonds is 4. The molecule has 2 rings (SSSR count). The summed E-state index contributed by atoms with van der Waals surface area (Å²) in [5.74, 6) is 0.653. The van der Waals surface area contributed by atoms with Crippen molar-refractivity contribution in [2.45, 2.75) is 19.8 Å². The Labute approximate surface area is 105 Å². The molecule has 86 valence electrons. The van der Waals surface area contributed by atoms with E-state index in [-0.39, 0.29) is 0 Å². The normalized spacial score (nSPS) is 16.1. The van der Waals surface area contributed by atoms with E-state index in [1.807, 2.05) is 6.26 Å². The molecule has 0 unspecified atom stereocenters. The molecule has 1 aliphatic rings. The number of methoxy groups -OCH3 is 1. The van der Waals surface area contributed by atoms with Gasteiger partial charge in [-0.25, -0.2) is 0 Å². The Morgan fingerprint density at radius 2 is 2.25 bits per heavy atom. The van der Waals surface area contributed by atoms with Crippen molar-refractivity contribution in [2.75, 3.05) is 12.4 Å². The highest BCUT2D eigenvalue weighted by atomic mass is 79.9. The summed E-state index contributed by atoms with van der Waals surface area (Å²) in [5.41, 5.74) is 3.53. The summed E-state index contributed by atoms with van der Waals surface area (Å²) in [6.07, 6.45) is 4.33. The van der Waals surface area contributed by atoms with Crippen LogP contribution in [-0.4, -0.2) is 7.11 Å². The molecule has 0 amide bonds. The number of halogens is 1. The van der Waals surface area contributed by atoms with Gasteiger partial charge in [-0.05, 0) is 37.5 Å². The maximum absolute atomic E-state index is 5.10. The molecule has 3 heteroatoms. The number of hydrogen-bond donors (Lipinski definition) is 1. The highest BCUT2D eigenvalue weighted by molar-refractivity contribution is 9.10. The second-order valence-electron chi connectivity index (χ2n) is 4.17. The number of benzene rings is 1. The molecular formula is C13H16BrNO. The van der Waals surface area contributed by atoms with E-state index in [1.54, 1.807) is 7.11 Å². The van der Waals surface area contributed by atoms with Gasteiger partial charge in [-0.3, -0.25) is 0 Å². The third-order valence-electron chi connectivity index (χ3n) is 2.72. The summed E-state index contributed by atoms with van der Waals surface area (Å²) in [7, 11) is 1.69. The van der Waals surface area contributed by atoms with Crippen LogP contribution in [0.5, 0.6) is 0 Å². The second-order valence-corrected chi connectivity index (χ2v) is 5.03. The summed E-state index contributed by atoms with van der Waals surface area (Å²) in [5, 5.41) is 3.42. The highest BCUT2D eigenvalue weighted by Gasteiger charge is 2.26. The first-order chi connectivity index (χ1) is 7.70. The zero-order chi connectivity index (χ0) is 11.5. The predicted molar refractivity (Wildman–Crippen MR) is 70.3 cm³/mol. The lowest BCUT2D eigenvalue weighted by atomic mass is 10.2. The standard InChI is InChI=1S/C13H16BrNO/c1-9-3-6-11(7-12(9)14)15-13(8-16-2)10-4-5-10/h3,6-8,10,15H,4-5H2,1-2H3/b13-8+. The molecular weight excluding hydrogens is 266 g/mol. The minimum atomic E-state index is 0.653. The zero-order valence-corrected chi connectivity index (χ0v) is 11.2. The lowest BCUT2D eigenvalue weighted by Crippen LogP contribution is -2.02. The predicted octanol–water partition coefficient (Wildman–Crippen LogP) is 4.07. The Morgan fingerprint density at radius 1 is 1.50 bits per heavy atom. The van der Waals surface area contributed by atoms with Gasteiger partial charge in [0.05, 0.1) is 12.8 Å². The molecule has 0 spiro atoms. The Bertz CT molecular complexity index is 410. The number of ether oxygens (including phenoxy) is 1. The molecule has 16 heavy (non-hydrogen) atoms. The average molecular weight is 282 g/mol. The first-order valence-corrected chi connectivity index (χ1v) is 6.26. The van der Waals surface area contributed by atoms with Crippen molar-refractivity contribution in [3.63, 3.8) is 0 Å².